The van der Waals surface area contributed by atoms with Gasteiger partial charge in [0, 0.05) is 0 Å². The number of nitrogens with one attached hydrogen (secondary N) is 1. The number of aryl methyl sites for hydroxylation is 1. The lowest BCUT2D eigenvalue weighted by Crippen LogP contribution is -2.31. The average molecular weight is 341 g/mol. The van der Waals surface area contributed by atoms with Gasteiger partial charge in [-0.05, 0) is 42.7 Å². The number of hydrogen-bond acceptors (Lipinski definition) is 4. The van der Waals surface area contributed by atoms with Crippen molar-refractivity contribution in [2.75, 3.05) is 13.7 Å². The molecule has 2 aromatic carbocycles. The van der Waals surface area contributed by atoms with E-state index in [0.717, 1.165) is 12.0 Å². The second-order valence-electron chi connectivity index (χ2n) is 5.69. The predicted molar refractivity (Wildman–Crippen MR) is 96.3 cm³/mol. The van der Waals surface area contributed by atoms with Crippen LogP contribution in [0.4, 0.5) is 0 Å². The van der Waals surface area contributed by atoms with E-state index in [0.29, 0.717) is 23.3 Å². The van der Waals surface area contributed by atoms with Gasteiger partial charge in [0.2, 0.25) is 0 Å². The van der Waals surface area contributed by atoms with E-state index in [9.17, 15) is 9.59 Å². The van der Waals surface area contributed by atoms with Crippen molar-refractivity contribution in [1.82, 2.24) is 5.32 Å². The highest BCUT2D eigenvalue weighted by molar-refractivity contribution is 5.81. The standard InChI is InChI=1S/C20H23NO4/c1-4-15-5-7-16(8-6-15)14(2)21-20(23)13-25-19-10-9-18(24-3)11-17(19)12-22/h5-12,14H,4,13H2,1-3H3,(H,21,23)/t14-/m0/s1. The fraction of sp³-hybridized carbons (Fsp3) is 0.300. The molecule has 1 atom stereocenters. The van der Waals surface area contributed by atoms with Gasteiger partial charge in [0.1, 0.15) is 11.5 Å². The first-order valence-electron chi connectivity index (χ1n) is 8.21. The Kier molecular flexibility index (Phi) is 6.57. The van der Waals surface area contributed by atoms with Crippen LogP contribution in [-0.4, -0.2) is 25.9 Å². The van der Waals surface area contributed by atoms with Crippen LogP contribution in [0.15, 0.2) is 42.5 Å². The summed E-state index contributed by atoms with van der Waals surface area (Å²) in [6, 6.07) is 12.9. The van der Waals surface area contributed by atoms with Gasteiger partial charge in [-0.1, -0.05) is 31.2 Å². The van der Waals surface area contributed by atoms with Crippen LogP contribution in [0.3, 0.4) is 0 Å². The van der Waals surface area contributed by atoms with Gasteiger partial charge < -0.3 is 14.8 Å². The zero-order valence-electron chi connectivity index (χ0n) is 14.7. The van der Waals surface area contributed by atoms with E-state index in [4.69, 9.17) is 9.47 Å². The van der Waals surface area contributed by atoms with Gasteiger partial charge in [-0.15, -0.1) is 0 Å². The van der Waals surface area contributed by atoms with Crippen molar-refractivity contribution in [2.45, 2.75) is 26.3 Å². The Balaban J connectivity index is 1.92. The van der Waals surface area contributed by atoms with E-state index < -0.39 is 0 Å². The monoisotopic (exact) mass is 341 g/mol. The molecule has 0 aliphatic rings. The molecule has 0 aromatic heterocycles. The number of aldehydes is 1. The van der Waals surface area contributed by atoms with Crippen molar-refractivity contribution in [3.05, 3.63) is 59.2 Å². The number of hydrogen-bond donors (Lipinski definition) is 1. The molecule has 132 valence electrons. The molecule has 2 rings (SSSR count). The maximum absolute atomic E-state index is 12.1. The van der Waals surface area contributed by atoms with Gasteiger partial charge in [0.25, 0.3) is 5.91 Å². The molecule has 0 aliphatic heterocycles. The average Bonchev–Trinajstić information content (AvgIpc) is 2.66. The summed E-state index contributed by atoms with van der Waals surface area (Å²) in [7, 11) is 1.52. The normalized spacial score (nSPS) is 11.5. The molecule has 0 spiro atoms. The van der Waals surface area contributed by atoms with Crippen LogP contribution in [0.25, 0.3) is 0 Å². The first-order valence-corrected chi connectivity index (χ1v) is 8.21. The SMILES string of the molecule is CCc1ccc([C@H](C)NC(=O)COc2ccc(OC)cc2C=O)cc1. The lowest BCUT2D eigenvalue weighted by atomic mass is 10.1. The molecule has 0 saturated carbocycles. The largest absolute Gasteiger partial charge is 0.497 e. The van der Waals surface area contributed by atoms with Gasteiger partial charge in [0.15, 0.2) is 12.9 Å². The summed E-state index contributed by atoms with van der Waals surface area (Å²) in [5, 5.41) is 2.89. The molecule has 1 N–H and O–H groups in total. The summed E-state index contributed by atoms with van der Waals surface area (Å²) < 4.78 is 10.5. The fourth-order valence-electron chi connectivity index (χ4n) is 2.43. The molecule has 5 nitrogen and oxygen atoms in total. The van der Waals surface area contributed by atoms with E-state index in [1.54, 1.807) is 18.2 Å². The van der Waals surface area contributed by atoms with Crippen molar-refractivity contribution in [3.63, 3.8) is 0 Å². The molecule has 0 unspecified atom stereocenters. The van der Waals surface area contributed by atoms with E-state index in [2.05, 4.69) is 24.4 Å². The quantitative estimate of drug-likeness (QED) is 0.748. The van der Waals surface area contributed by atoms with Crippen LogP contribution < -0.4 is 14.8 Å². The van der Waals surface area contributed by atoms with Gasteiger partial charge in [-0.3, -0.25) is 9.59 Å². The molecule has 0 radical (unpaired) electrons. The minimum absolute atomic E-state index is 0.122. The second-order valence-corrected chi connectivity index (χ2v) is 5.69. The van der Waals surface area contributed by atoms with Crippen molar-refractivity contribution >= 4 is 12.2 Å². The summed E-state index contributed by atoms with van der Waals surface area (Å²) in [5.41, 5.74) is 2.63. The predicted octanol–water partition coefficient (Wildman–Crippen LogP) is 3.33. The molecular weight excluding hydrogens is 318 g/mol. The molecule has 2 aromatic rings. The first kappa shape index (κ1) is 18.5. The molecule has 0 aliphatic carbocycles. The van der Waals surface area contributed by atoms with Crippen LogP contribution >= 0.6 is 0 Å². The van der Waals surface area contributed by atoms with Crippen molar-refractivity contribution in [3.8, 4) is 11.5 Å². The van der Waals surface area contributed by atoms with Crippen LogP contribution in [0.1, 0.15) is 41.4 Å². The van der Waals surface area contributed by atoms with E-state index in [-0.39, 0.29) is 18.6 Å². The van der Waals surface area contributed by atoms with Crippen molar-refractivity contribution in [1.29, 1.82) is 0 Å². The number of benzene rings is 2. The maximum Gasteiger partial charge on any atom is 0.258 e. The summed E-state index contributed by atoms with van der Waals surface area (Å²) in [6.45, 7) is 3.86. The maximum atomic E-state index is 12.1. The van der Waals surface area contributed by atoms with Crippen LogP contribution in [0.5, 0.6) is 11.5 Å². The third-order valence-electron chi connectivity index (χ3n) is 3.97. The molecular formula is C20H23NO4. The summed E-state index contributed by atoms with van der Waals surface area (Å²) >= 11 is 0. The molecule has 0 saturated heterocycles. The second kappa shape index (κ2) is 8.87. The number of ether oxygens (including phenoxy) is 2. The van der Waals surface area contributed by atoms with Gasteiger partial charge in [-0.2, -0.15) is 0 Å². The third-order valence-corrected chi connectivity index (χ3v) is 3.97. The fourth-order valence-corrected chi connectivity index (χ4v) is 2.43. The Morgan fingerprint density at radius 3 is 2.52 bits per heavy atom. The number of amides is 1. The van der Waals surface area contributed by atoms with Gasteiger partial charge in [-0.25, -0.2) is 0 Å². The Hall–Kier alpha value is -2.82. The Bertz CT molecular complexity index is 725. The molecule has 0 heterocycles. The number of carbonyl (C=O) groups excluding carboxylic acids is 2. The lowest BCUT2D eigenvalue weighted by molar-refractivity contribution is -0.123. The van der Waals surface area contributed by atoms with E-state index in [1.807, 2.05) is 19.1 Å². The molecule has 5 heteroatoms. The Morgan fingerprint density at radius 1 is 1.20 bits per heavy atom. The molecule has 0 fully saturated rings. The number of methoxy groups -OCH3 is 1. The highest BCUT2D eigenvalue weighted by atomic mass is 16.5. The van der Waals surface area contributed by atoms with Crippen LogP contribution in [0.2, 0.25) is 0 Å². The summed E-state index contributed by atoms with van der Waals surface area (Å²) in [4.78, 5) is 23.2. The van der Waals surface area contributed by atoms with E-state index >= 15 is 0 Å². The minimum atomic E-state index is -0.250. The third kappa shape index (κ3) is 5.08. The smallest absolute Gasteiger partial charge is 0.258 e. The lowest BCUT2D eigenvalue weighted by Gasteiger charge is -2.15. The zero-order valence-corrected chi connectivity index (χ0v) is 14.7. The molecule has 1 amide bonds. The van der Waals surface area contributed by atoms with Gasteiger partial charge in [0.05, 0.1) is 18.7 Å². The topological polar surface area (TPSA) is 64.6 Å². The highest BCUT2D eigenvalue weighted by Crippen LogP contribution is 2.22. The Labute approximate surface area is 148 Å². The van der Waals surface area contributed by atoms with Crippen LogP contribution in [-0.2, 0) is 11.2 Å². The molecule has 0 bridgehead atoms. The van der Waals surface area contributed by atoms with Crippen molar-refractivity contribution in [2.24, 2.45) is 0 Å². The highest BCUT2D eigenvalue weighted by Gasteiger charge is 2.12. The minimum Gasteiger partial charge on any atom is -0.497 e. The molecule has 25 heavy (non-hydrogen) atoms. The summed E-state index contributed by atoms with van der Waals surface area (Å²) in [5.74, 6) is 0.661. The summed E-state index contributed by atoms with van der Waals surface area (Å²) in [6.07, 6.45) is 1.66. The Morgan fingerprint density at radius 2 is 1.92 bits per heavy atom. The first-order chi connectivity index (χ1) is 12.1. The number of rotatable bonds is 8. The van der Waals surface area contributed by atoms with E-state index in [1.165, 1.54) is 12.7 Å². The van der Waals surface area contributed by atoms with Gasteiger partial charge >= 0.3 is 0 Å². The van der Waals surface area contributed by atoms with Crippen molar-refractivity contribution < 1.29 is 19.1 Å². The zero-order chi connectivity index (χ0) is 18.2. The van der Waals surface area contributed by atoms with Crippen LogP contribution in [0, 0.1) is 0 Å². The number of carbonyl (C=O) groups is 2.